The Labute approximate surface area is 125 Å². The number of nitrogens with zero attached hydrogens (tertiary/aromatic N) is 4. The fourth-order valence-corrected chi connectivity index (χ4v) is 3.12. The van der Waals surface area contributed by atoms with Crippen LogP contribution in [0, 0.1) is 0 Å². The van der Waals surface area contributed by atoms with Crippen molar-refractivity contribution >= 4 is 16.5 Å². The number of nitrogens with two attached hydrogens (primary N) is 1. The van der Waals surface area contributed by atoms with Crippen molar-refractivity contribution in [3.05, 3.63) is 5.01 Å². The van der Waals surface area contributed by atoms with Gasteiger partial charge < -0.3 is 10.6 Å². The Morgan fingerprint density at radius 2 is 1.86 bits per heavy atom. The largest absolute Gasteiger partial charge is 0.445 e. The van der Waals surface area contributed by atoms with E-state index in [0.29, 0.717) is 29.6 Å². The van der Waals surface area contributed by atoms with Gasteiger partial charge >= 0.3 is 6.18 Å². The quantitative estimate of drug-likeness (QED) is 0.919. The smallest absolute Gasteiger partial charge is 0.345 e. The van der Waals surface area contributed by atoms with E-state index in [2.05, 4.69) is 15.1 Å². The zero-order valence-corrected chi connectivity index (χ0v) is 13.0. The molecule has 0 amide bonds. The van der Waals surface area contributed by atoms with E-state index in [1.54, 1.807) is 0 Å². The highest BCUT2D eigenvalue weighted by Crippen LogP contribution is 2.34. The average molecular weight is 323 g/mol. The molecule has 0 spiro atoms. The number of halogens is 3. The Hall–Kier alpha value is -0.930. The fourth-order valence-electron chi connectivity index (χ4n) is 2.35. The van der Waals surface area contributed by atoms with Crippen molar-refractivity contribution in [3.63, 3.8) is 0 Å². The standard InChI is InChI=1S/C12H20F3N5S/c1-11(2,16)8-19-4-3-5-20(7-6-19)10-18-17-9(21-10)12(13,14)15/h3-8,16H2,1-2H3. The van der Waals surface area contributed by atoms with Crippen molar-refractivity contribution in [1.29, 1.82) is 0 Å². The molecule has 1 fully saturated rings. The molecular weight excluding hydrogens is 303 g/mol. The number of alkyl halides is 3. The zero-order valence-electron chi connectivity index (χ0n) is 12.2. The number of hydrogen-bond acceptors (Lipinski definition) is 6. The van der Waals surface area contributed by atoms with Crippen molar-refractivity contribution < 1.29 is 13.2 Å². The molecule has 0 aliphatic carbocycles. The molecule has 1 aromatic rings. The Bertz CT molecular complexity index is 468. The number of anilines is 1. The van der Waals surface area contributed by atoms with E-state index in [1.807, 2.05) is 18.7 Å². The maximum absolute atomic E-state index is 12.6. The summed E-state index contributed by atoms with van der Waals surface area (Å²) in [5, 5.41) is 6.38. The maximum atomic E-state index is 12.6. The zero-order chi connectivity index (χ0) is 15.7. The highest BCUT2D eigenvalue weighted by molar-refractivity contribution is 7.15. The summed E-state index contributed by atoms with van der Waals surface area (Å²) >= 11 is 0.605. The minimum atomic E-state index is -4.42. The van der Waals surface area contributed by atoms with Gasteiger partial charge in [-0.1, -0.05) is 11.3 Å². The second-order valence-corrected chi connectivity index (χ2v) is 6.95. The lowest BCUT2D eigenvalue weighted by Crippen LogP contribution is -2.46. The molecular formula is C12H20F3N5S. The summed E-state index contributed by atoms with van der Waals surface area (Å²) in [4.78, 5) is 4.11. The topological polar surface area (TPSA) is 58.3 Å². The van der Waals surface area contributed by atoms with Gasteiger partial charge in [-0.15, -0.1) is 10.2 Å². The second-order valence-electron chi connectivity index (χ2n) is 5.99. The van der Waals surface area contributed by atoms with Crippen LogP contribution < -0.4 is 10.6 Å². The predicted molar refractivity (Wildman–Crippen MR) is 76.4 cm³/mol. The third-order valence-electron chi connectivity index (χ3n) is 3.15. The minimum absolute atomic E-state index is 0.276. The monoisotopic (exact) mass is 323 g/mol. The molecule has 2 N–H and O–H groups in total. The van der Waals surface area contributed by atoms with Gasteiger partial charge in [-0.2, -0.15) is 13.2 Å². The molecule has 2 heterocycles. The third kappa shape index (κ3) is 4.79. The fraction of sp³-hybridized carbons (Fsp3) is 0.833. The lowest BCUT2D eigenvalue weighted by atomic mass is 10.1. The number of hydrogen-bond donors (Lipinski definition) is 1. The first-order valence-electron chi connectivity index (χ1n) is 6.82. The van der Waals surface area contributed by atoms with Gasteiger partial charge in [-0.05, 0) is 26.8 Å². The van der Waals surface area contributed by atoms with Crippen LogP contribution >= 0.6 is 11.3 Å². The Kier molecular flexibility index (Phi) is 4.74. The highest BCUT2D eigenvalue weighted by Gasteiger charge is 2.36. The van der Waals surface area contributed by atoms with E-state index in [1.165, 1.54) is 0 Å². The number of rotatable bonds is 3. The maximum Gasteiger partial charge on any atom is 0.445 e. The van der Waals surface area contributed by atoms with Crippen molar-refractivity contribution in [3.8, 4) is 0 Å². The molecule has 0 bridgehead atoms. The molecule has 120 valence electrons. The normalized spacial score (nSPS) is 18.9. The molecule has 0 aromatic carbocycles. The van der Waals surface area contributed by atoms with Crippen molar-refractivity contribution in [2.75, 3.05) is 37.6 Å². The summed E-state index contributed by atoms with van der Waals surface area (Å²) < 4.78 is 37.7. The van der Waals surface area contributed by atoms with Gasteiger partial charge in [0, 0.05) is 31.7 Å². The van der Waals surface area contributed by atoms with Gasteiger partial charge in [0.15, 0.2) is 0 Å². The molecule has 2 rings (SSSR count). The molecule has 1 aliphatic heterocycles. The predicted octanol–water partition coefficient (Wildman–Crippen LogP) is 1.81. The molecule has 0 atom stereocenters. The highest BCUT2D eigenvalue weighted by atomic mass is 32.1. The van der Waals surface area contributed by atoms with E-state index in [4.69, 9.17) is 5.73 Å². The average Bonchev–Trinajstić information content (AvgIpc) is 2.71. The molecule has 0 radical (unpaired) electrons. The molecule has 1 saturated heterocycles. The van der Waals surface area contributed by atoms with Gasteiger partial charge in [0.2, 0.25) is 10.1 Å². The van der Waals surface area contributed by atoms with E-state index < -0.39 is 11.2 Å². The van der Waals surface area contributed by atoms with Crippen LogP contribution in [-0.4, -0.2) is 53.4 Å². The first kappa shape index (κ1) is 16.4. The molecule has 1 aromatic heterocycles. The van der Waals surface area contributed by atoms with E-state index >= 15 is 0 Å². The first-order chi connectivity index (χ1) is 9.65. The number of aromatic nitrogens is 2. The van der Waals surface area contributed by atoms with Crippen LogP contribution in [0.1, 0.15) is 25.3 Å². The molecule has 21 heavy (non-hydrogen) atoms. The van der Waals surface area contributed by atoms with Crippen molar-refractivity contribution in [2.24, 2.45) is 5.73 Å². The molecule has 5 nitrogen and oxygen atoms in total. The Morgan fingerprint density at radius 3 is 2.43 bits per heavy atom. The lowest BCUT2D eigenvalue weighted by Gasteiger charge is -2.28. The van der Waals surface area contributed by atoms with Crippen LogP contribution in [0.25, 0.3) is 0 Å². The Morgan fingerprint density at radius 1 is 1.14 bits per heavy atom. The lowest BCUT2D eigenvalue weighted by molar-refractivity contribution is -0.138. The molecule has 1 aliphatic rings. The summed E-state index contributed by atoms with van der Waals surface area (Å²) in [5.41, 5.74) is 5.74. The third-order valence-corrected chi connectivity index (χ3v) is 4.18. The van der Waals surface area contributed by atoms with Crippen LogP contribution in [0.5, 0.6) is 0 Å². The van der Waals surface area contributed by atoms with Crippen LogP contribution in [0.2, 0.25) is 0 Å². The molecule has 0 saturated carbocycles. The molecule has 0 unspecified atom stereocenters. The summed E-state index contributed by atoms with van der Waals surface area (Å²) in [6.07, 6.45) is -3.55. The molecule has 9 heteroatoms. The summed E-state index contributed by atoms with van der Waals surface area (Å²) in [6.45, 7) is 7.69. The van der Waals surface area contributed by atoms with Gasteiger partial charge in [0.1, 0.15) is 0 Å². The Balaban J connectivity index is 1.98. The van der Waals surface area contributed by atoms with Gasteiger partial charge in [-0.25, -0.2) is 0 Å². The summed E-state index contributed by atoms with van der Waals surface area (Å²) in [6, 6.07) is 0. The van der Waals surface area contributed by atoms with Gasteiger partial charge in [-0.3, -0.25) is 4.90 Å². The van der Waals surface area contributed by atoms with E-state index in [0.717, 1.165) is 26.1 Å². The van der Waals surface area contributed by atoms with Crippen LogP contribution in [0.4, 0.5) is 18.3 Å². The van der Waals surface area contributed by atoms with Gasteiger partial charge in [0.05, 0.1) is 0 Å². The first-order valence-corrected chi connectivity index (χ1v) is 7.64. The SMILES string of the molecule is CC(C)(N)CN1CCCN(c2nnc(C(F)(F)F)s2)CC1. The second kappa shape index (κ2) is 6.05. The van der Waals surface area contributed by atoms with Crippen LogP contribution in [0.3, 0.4) is 0 Å². The van der Waals surface area contributed by atoms with E-state index in [9.17, 15) is 13.2 Å². The van der Waals surface area contributed by atoms with Gasteiger partial charge in [0.25, 0.3) is 0 Å². The van der Waals surface area contributed by atoms with Crippen molar-refractivity contribution in [1.82, 2.24) is 15.1 Å². The van der Waals surface area contributed by atoms with Crippen molar-refractivity contribution in [2.45, 2.75) is 32.0 Å². The minimum Gasteiger partial charge on any atom is -0.345 e. The summed E-state index contributed by atoms with van der Waals surface area (Å²) in [7, 11) is 0. The van der Waals surface area contributed by atoms with Crippen LogP contribution in [0.15, 0.2) is 0 Å². The van der Waals surface area contributed by atoms with Crippen LogP contribution in [-0.2, 0) is 6.18 Å². The summed E-state index contributed by atoms with van der Waals surface area (Å²) in [5.74, 6) is 0. The van der Waals surface area contributed by atoms with E-state index in [-0.39, 0.29) is 5.54 Å².